The van der Waals surface area contributed by atoms with Crippen molar-refractivity contribution in [3.63, 3.8) is 0 Å². The van der Waals surface area contributed by atoms with E-state index in [1.54, 1.807) is 0 Å². The van der Waals surface area contributed by atoms with Crippen molar-refractivity contribution in [3.8, 4) is 0 Å². The molecule has 1 aromatic rings. The highest BCUT2D eigenvalue weighted by Gasteiger charge is 2.07. The molecule has 0 amide bonds. The summed E-state index contributed by atoms with van der Waals surface area (Å²) in [5, 5.41) is 6.63. The van der Waals surface area contributed by atoms with Gasteiger partial charge >= 0.3 is 0 Å². The van der Waals surface area contributed by atoms with E-state index in [4.69, 9.17) is 0 Å². The molecular weight excluding hydrogens is 405 g/mol. The third kappa shape index (κ3) is 4.12. The second-order valence-corrected chi connectivity index (χ2v) is 5.30. The summed E-state index contributed by atoms with van der Waals surface area (Å²) in [4.78, 5) is 4.41. The SMILES string of the molecule is Cc1cc(Br)cc(C)c1CNC1=NCCCN1.I. The van der Waals surface area contributed by atoms with E-state index in [1.165, 1.54) is 16.7 Å². The van der Waals surface area contributed by atoms with Crippen molar-refractivity contribution in [1.82, 2.24) is 10.6 Å². The Morgan fingerprint density at radius 3 is 2.56 bits per heavy atom. The standard InChI is InChI=1S/C13H18BrN3.HI/c1-9-6-11(14)7-10(2)12(9)8-17-13-15-4-3-5-16-13;/h6-7H,3-5,8H2,1-2H3,(H2,15,16,17);1H. The van der Waals surface area contributed by atoms with Crippen molar-refractivity contribution in [1.29, 1.82) is 0 Å². The average Bonchev–Trinajstić information content (AvgIpc) is 2.29. The van der Waals surface area contributed by atoms with Crippen LogP contribution in [0.1, 0.15) is 23.1 Å². The topological polar surface area (TPSA) is 36.4 Å². The van der Waals surface area contributed by atoms with Crippen LogP contribution in [0.4, 0.5) is 0 Å². The van der Waals surface area contributed by atoms with E-state index >= 15 is 0 Å². The summed E-state index contributed by atoms with van der Waals surface area (Å²) in [7, 11) is 0. The van der Waals surface area contributed by atoms with Crippen molar-refractivity contribution in [3.05, 3.63) is 33.3 Å². The summed E-state index contributed by atoms with van der Waals surface area (Å²) in [5.41, 5.74) is 3.96. The molecule has 0 radical (unpaired) electrons. The van der Waals surface area contributed by atoms with Gasteiger partial charge in [-0.15, -0.1) is 24.0 Å². The third-order valence-electron chi connectivity index (χ3n) is 2.99. The maximum absolute atomic E-state index is 4.41. The fourth-order valence-corrected chi connectivity index (χ4v) is 2.73. The van der Waals surface area contributed by atoms with Gasteiger partial charge in [0.1, 0.15) is 0 Å². The van der Waals surface area contributed by atoms with Crippen molar-refractivity contribution >= 4 is 45.9 Å². The van der Waals surface area contributed by atoms with Crippen LogP contribution in [0.3, 0.4) is 0 Å². The number of nitrogens with zero attached hydrogens (tertiary/aromatic N) is 1. The smallest absolute Gasteiger partial charge is 0.191 e. The number of guanidine groups is 1. The molecule has 100 valence electrons. The Balaban J connectivity index is 0.00000162. The van der Waals surface area contributed by atoms with Crippen LogP contribution in [0.2, 0.25) is 0 Å². The molecule has 0 unspecified atom stereocenters. The van der Waals surface area contributed by atoms with Gasteiger partial charge in [-0.2, -0.15) is 0 Å². The molecule has 0 fully saturated rings. The first-order valence-electron chi connectivity index (χ1n) is 5.94. The third-order valence-corrected chi connectivity index (χ3v) is 3.45. The molecule has 0 atom stereocenters. The van der Waals surface area contributed by atoms with E-state index < -0.39 is 0 Å². The van der Waals surface area contributed by atoms with Crippen LogP contribution in [0.15, 0.2) is 21.6 Å². The Morgan fingerprint density at radius 1 is 1.33 bits per heavy atom. The van der Waals surface area contributed by atoms with Gasteiger partial charge in [0.25, 0.3) is 0 Å². The number of rotatable bonds is 2. The van der Waals surface area contributed by atoms with Crippen LogP contribution in [-0.2, 0) is 6.54 Å². The molecule has 0 saturated carbocycles. The lowest BCUT2D eigenvalue weighted by atomic mass is 10.0. The molecule has 18 heavy (non-hydrogen) atoms. The van der Waals surface area contributed by atoms with E-state index in [0.717, 1.165) is 36.5 Å². The molecule has 0 aromatic heterocycles. The van der Waals surface area contributed by atoms with Crippen LogP contribution < -0.4 is 10.6 Å². The van der Waals surface area contributed by atoms with Gasteiger partial charge in [0.05, 0.1) is 0 Å². The molecule has 0 aliphatic carbocycles. The number of aryl methyl sites for hydroxylation is 2. The van der Waals surface area contributed by atoms with Gasteiger partial charge in [-0.3, -0.25) is 4.99 Å². The van der Waals surface area contributed by atoms with Crippen LogP contribution in [-0.4, -0.2) is 19.0 Å². The number of nitrogens with one attached hydrogen (secondary N) is 2. The molecule has 0 saturated heterocycles. The number of hydrogen-bond acceptors (Lipinski definition) is 3. The summed E-state index contributed by atoms with van der Waals surface area (Å²) in [5.74, 6) is 0.929. The van der Waals surface area contributed by atoms with E-state index in [-0.39, 0.29) is 24.0 Å². The van der Waals surface area contributed by atoms with Gasteiger partial charge in [-0.25, -0.2) is 0 Å². The van der Waals surface area contributed by atoms with Gasteiger partial charge in [0.2, 0.25) is 0 Å². The van der Waals surface area contributed by atoms with Gasteiger partial charge in [-0.1, -0.05) is 15.9 Å². The zero-order chi connectivity index (χ0) is 12.3. The van der Waals surface area contributed by atoms with E-state index in [1.807, 2.05) is 0 Å². The predicted molar refractivity (Wildman–Crippen MR) is 90.8 cm³/mol. The summed E-state index contributed by atoms with van der Waals surface area (Å²) < 4.78 is 1.14. The molecule has 5 heteroatoms. The highest BCUT2D eigenvalue weighted by Crippen LogP contribution is 2.20. The normalized spacial score (nSPS) is 14.3. The highest BCUT2D eigenvalue weighted by atomic mass is 127. The van der Waals surface area contributed by atoms with E-state index in [9.17, 15) is 0 Å². The van der Waals surface area contributed by atoms with Crippen LogP contribution >= 0.6 is 39.9 Å². The van der Waals surface area contributed by atoms with Crippen LogP contribution in [0.5, 0.6) is 0 Å². The van der Waals surface area contributed by atoms with Crippen molar-refractivity contribution < 1.29 is 0 Å². The fraction of sp³-hybridized carbons (Fsp3) is 0.462. The first-order chi connectivity index (χ1) is 8.16. The zero-order valence-corrected chi connectivity index (χ0v) is 14.6. The summed E-state index contributed by atoms with van der Waals surface area (Å²) in [6.07, 6.45) is 1.13. The zero-order valence-electron chi connectivity index (χ0n) is 10.7. The lowest BCUT2D eigenvalue weighted by Gasteiger charge is -2.18. The highest BCUT2D eigenvalue weighted by molar-refractivity contribution is 14.0. The number of aliphatic imine (C=N–C) groups is 1. The molecule has 1 aliphatic heterocycles. The second kappa shape index (κ2) is 7.33. The molecular formula is C13H19BrIN3. The Morgan fingerprint density at radius 2 is 2.00 bits per heavy atom. The van der Waals surface area contributed by atoms with E-state index in [2.05, 4.69) is 57.5 Å². The first kappa shape index (κ1) is 15.8. The number of halogens is 2. The van der Waals surface area contributed by atoms with Crippen LogP contribution in [0.25, 0.3) is 0 Å². The monoisotopic (exact) mass is 423 g/mol. The molecule has 2 N–H and O–H groups in total. The van der Waals surface area contributed by atoms with Gasteiger partial charge in [-0.05, 0) is 49.1 Å². The molecule has 1 aliphatic rings. The number of hydrogen-bond donors (Lipinski definition) is 2. The molecule has 1 aromatic carbocycles. The fourth-order valence-electron chi connectivity index (χ4n) is 2.04. The minimum Gasteiger partial charge on any atom is -0.356 e. The average molecular weight is 424 g/mol. The van der Waals surface area contributed by atoms with E-state index in [0.29, 0.717) is 0 Å². The minimum atomic E-state index is 0. The maximum atomic E-state index is 4.41. The lowest BCUT2D eigenvalue weighted by molar-refractivity contribution is 0.700. The van der Waals surface area contributed by atoms with Gasteiger partial charge in [0, 0.05) is 24.1 Å². The van der Waals surface area contributed by atoms with Gasteiger partial charge in [0.15, 0.2) is 5.96 Å². The Bertz CT molecular complexity index is 423. The summed E-state index contributed by atoms with van der Waals surface area (Å²) in [6, 6.07) is 4.31. The largest absolute Gasteiger partial charge is 0.356 e. The molecule has 2 rings (SSSR count). The van der Waals surface area contributed by atoms with Crippen molar-refractivity contribution in [2.45, 2.75) is 26.8 Å². The first-order valence-corrected chi connectivity index (χ1v) is 6.74. The molecule has 0 bridgehead atoms. The summed E-state index contributed by atoms with van der Waals surface area (Å²) in [6.45, 7) is 7.06. The van der Waals surface area contributed by atoms with Crippen molar-refractivity contribution in [2.75, 3.05) is 13.1 Å². The Kier molecular flexibility index (Phi) is 6.42. The molecule has 0 spiro atoms. The molecule has 1 heterocycles. The molecule has 3 nitrogen and oxygen atoms in total. The number of benzene rings is 1. The minimum absolute atomic E-state index is 0. The quantitative estimate of drug-likeness (QED) is 0.717. The van der Waals surface area contributed by atoms with Crippen LogP contribution in [0, 0.1) is 13.8 Å². The predicted octanol–water partition coefficient (Wildman–Crippen LogP) is 3.12. The Labute approximate surface area is 134 Å². The maximum Gasteiger partial charge on any atom is 0.191 e. The summed E-state index contributed by atoms with van der Waals surface area (Å²) >= 11 is 3.52. The second-order valence-electron chi connectivity index (χ2n) is 4.38. The van der Waals surface area contributed by atoms with Gasteiger partial charge < -0.3 is 10.6 Å². The lowest BCUT2D eigenvalue weighted by Crippen LogP contribution is -2.40. The van der Waals surface area contributed by atoms with Crippen molar-refractivity contribution in [2.24, 2.45) is 4.99 Å². The Hall–Kier alpha value is -0.300.